The van der Waals surface area contributed by atoms with E-state index in [0.717, 1.165) is 5.76 Å². The van der Waals surface area contributed by atoms with Crippen molar-refractivity contribution in [2.75, 3.05) is 5.32 Å². The van der Waals surface area contributed by atoms with E-state index in [1.807, 2.05) is 12.1 Å². The molecule has 1 aromatic carbocycles. The summed E-state index contributed by atoms with van der Waals surface area (Å²) in [7, 11) is 0. The minimum atomic E-state index is -0.400. The van der Waals surface area contributed by atoms with Gasteiger partial charge in [0.1, 0.15) is 17.4 Å². The molecule has 0 aliphatic heterocycles. The van der Waals surface area contributed by atoms with Gasteiger partial charge >= 0.3 is 0 Å². The maximum absolute atomic E-state index is 14.1. The van der Waals surface area contributed by atoms with Gasteiger partial charge in [-0.3, -0.25) is 0 Å². The van der Waals surface area contributed by atoms with Gasteiger partial charge in [-0.25, -0.2) is 19.0 Å². The molecule has 0 bridgehead atoms. The summed E-state index contributed by atoms with van der Waals surface area (Å²) in [5.74, 6) is 1.44. The largest absolute Gasteiger partial charge is 0.467 e. The van der Waals surface area contributed by atoms with E-state index in [2.05, 4.69) is 25.6 Å². The first-order chi connectivity index (χ1) is 12.6. The van der Waals surface area contributed by atoms with Gasteiger partial charge < -0.3 is 9.73 Å². The molecule has 1 N–H and O–H groups in total. The van der Waals surface area contributed by atoms with Crippen LogP contribution >= 0.6 is 11.6 Å². The second kappa shape index (κ2) is 6.72. The van der Waals surface area contributed by atoms with Gasteiger partial charge in [-0.05, 0) is 31.2 Å². The molecular weight excluding hydrogens is 359 g/mol. The van der Waals surface area contributed by atoms with Crippen molar-refractivity contribution in [2.24, 2.45) is 0 Å². The molecular formula is C17H14ClFN6O. The van der Waals surface area contributed by atoms with Crippen molar-refractivity contribution in [1.29, 1.82) is 0 Å². The molecule has 0 fully saturated rings. The van der Waals surface area contributed by atoms with E-state index >= 15 is 0 Å². The van der Waals surface area contributed by atoms with Crippen molar-refractivity contribution < 1.29 is 8.81 Å². The van der Waals surface area contributed by atoms with E-state index in [0.29, 0.717) is 39.9 Å². The number of benzene rings is 1. The van der Waals surface area contributed by atoms with Crippen molar-refractivity contribution in [3.63, 3.8) is 0 Å². The molecule has 9 heteroatoms. The SMILES string of the molecule is Cc1nc(NCc2ccco2)c2nnn(Cc3c(F)cccc3Cl)c2n1. The van der Waals surface area contributed by atoms with E-state index in [9.17, 15) is 4.39 Å². The molecule has 7 nitrogen and oxygen atoms in total. The Hall–Kier alpha value is -3.00. The number of anilines is 1. The Morgan fingerprint density at radius 3 is 2.88 bits per heavy atom. The lowest BCUT2D eigenvalue weighted by Crippen LogP contribution is -2.07. The number of fused-ring (bicyclic) bond motifs is 1. The number of halogens is 2. The first-order valence-corrected chi connectivity index (χ1v) is 8.26. The van der Waals surface area contributed by atoms with Gasteiger partial charge in [0.25, 0.3) is 0 Å². The van der Waals surface area contributed by atoms with Crippen LogP contribution in [-0.4, -0.2) is 25.0 Å². The molecule has 0 atom stereocenters. The summed E-state index contributed by atoms with van der Waals surface area (Å²) in [5.41, 5.74) is 1.33. The fraction of sp³-hybridized carbons (Fsp3) is 0.176. The molecule has 4 rings (SSSR count). The van der Waals surface area contributed by atoms with Gasteiger partial charge in [0, 0.05) is 10.6 Å². The van der Waals surface area contributed by atoms with E-state index in [4.69, 9.17) is 16.0 Å². The molecule has 0 unspecified atom stereocenters. The number of hydrogen-bond acceptors (Lipinski definition) is 6. The van der Waals surface area contributed by atoms with E-state index in [1.54, 1.807) is 25.3 Å². The molecule has 26 heavy (non-hydrogen) atoms. The van der Waals surface area contributed by atoms with Crippen molar-refractivity contribution in [3.8, 4) is 0 Å². The van der Waals surface area contributed by atoms with E-state index < -0.39 is 5.82 Å². The normalized spacial score (nSPS) is 11.2. The highest BCUT2D eigenvalue weighted by Crippen LogP contribution is 2.23. The molecule has 0 radical (unpaired) electrons. The van der Waals surface area contributed by atoms with E-state index in [1.165, 1.54) is 10.7 Å². The van der Waals surface area contributed by atoms with Gasteiger partial charge in [0.2, 0.25) is 0 Å². The third-order valence-corrected chi connectivity index (χ3v) is 4.21. The number of hydrogen-bond donors (Lipinski definition) is 1. The maximum Gasteiger partial charge on any atom is 0.184 e. The second-order valence-corrected chi connectivity index (χ2v) is 6.08. The zero-order valence-corrected chi connectivity index (χ0v) is 14.5. The summed E-state index contributed by atoms with van der Waals surface area (Å²) >= 11 is 6.11. The fourth-order valence-electron chi connectivity index (χ4n) is 2.61. The summed E-state index contributed by atoms with van der Waals surface area (Å²) in [6, 6.07) is 8.22. The Bertz CT molecular complexity index is 1040. The molecule has 4 aromatic rings. The summed E-state index contributed by atoms with van der Waals surface area (Å²) in [6.07, 6.45) is 1.60. The third-order valence-electron chi connectivity index (χ3n) is 3.85. The number of aryl methyl sites for hydroxylation is 1. The Labute approximate surface area is 152 Å². The van der Waals surface area contributed by atoms with Crippen LogP contribution in [0.4, 0.5) is 10.2 Å². The lowest BCUT2D eigenvalue weighted by molar-refractivity contribution is 0.518. The van der Waals surface area contributed by atoms with E-state index in [-0.39, 0.29) is 6.54 Å². The number of rotatable bonds is 5. The van der Waals surface area contributed by atoms with Crippen LogP contribution in [0.15, 0.2) is 41.0 Å². The maximum atomic E-state index is 14.1. The molecule has 3 heterocycles. The monoisotopic (exact) mass is 372 g/mol. The van der Waals surface area contributed by atoms with Gasteiger partial charge in [-0.2, -0.15) is 0 Å². The predicted molar refractivity (Wildman–Crippen MR) is 94.4 cm³/mol. The first kappa shape index (κ1) is 16.5. The first-order valence-electron chi connectivity index (χ1n) is 7.89. The van der Waals surface area contributed by atoms with Crippen LogP contribution in [0.25, 0.3) is 11.2 Å². The molecule has 0 spiro atoms. The predicted octanol–water partition coefficient (Wildman–Crippen LogP) is 3.58. The number of nitrogens with zero attached hydrogens (tertiary/aromatic N) is 5. The molecule has 0 aliphatic carbocycles. The van der Waals surface area contributed by atoms with Gasteiger partial charge in [0.05, 0.1) is 19.4 Å². The highest BCUT2D eigenvalue weighted by Gasteiger charge is 2.16. The lowest BCUT2D eigenvalue weighted by atomic mass is 10.2. The van der Waals surface area contributed by atoms with Crippen LogP contribution in [-0.2, 0) is 13.1 Å². The minimum absolute atomic E-state index is 0.121. The standard InChI is InChI=1S/C17H14ClFN6O/c1-10-21-16(20-8-11-4-3-7-26-11)15-17(22-10)25(24-23-15)9-12-13(18)5-2-6-14(12)19/h2-7H,8-9H2,1H3,(H,20,21,22). The molecule has 132 valence electrons. The molecule has 0 saturated carbocycles. The molecule has 3 aromatic heterocycles. The Morgan fingerprint density at radius 2 is 2.12 bits per heavy atom. The zero-order valence-electron chi connectivity index (χ0n) is 13.8. The van der Waals surface area contributed by atoms with Crippen LogP contribution in [0.2, 0.25) is 5.02 Å². The van der Waals surface area contributed by atoms with Crippen molar-refractivity contribution in [2.45, 2.75) is 20.0 Å². The highest BCUT2D eigenvalue weighted by molar-refractivity contribution is 6.31. The van der Waals surface area contributed by atoms with Crippen LogP contribution in [0, 0.1) is 12.7 Å². The average Bonchev–Trinajstić information content (AvgIpc) is 3.26. The third kappa shape index (κ3) is 3.11. The molecule has 0 saturated heterocycles. The smallest absolute Gasteiger partial charge is 0.184 e. The fourth-order valence-corrected chi connectivity index (χ4v) is 2.83. The van der Waals surface area contributed by atoms with Crippen LogP contribution < -0.4 is 5.32 Å². The minimum Gasteiger partial charge on any atom is -0.467 e. The van der Waals surface area contributed by atoms with Crippen molar-refractivity contribution >= 4 is 28.6 Å². The number of furan rings is 1. The highest BCUT2D eigenvalue weighted by atomic mass is 35.5. The quantitative estimate of drug-likeness (QED) is 0.576. The van der Waals surface area contributed by atoms with Crippen molar-refractivity contribution in [1.82, 2.24) is 25.0 Å². The Balaban J connectivity index is 1.69. The average molecular weight is 373 g/mol. The summed E-state index contributed by atoms with van der Waals surface area (Å²) < 4.78 is 20.9. The Morgan fingerprint density at radius 1 is 1.23 bits per heavy atom. The van der Waals surface area contributed by atoms with Gasteiger partial charge in [-0.15, -0.1) is 5.10 Å². The topological polar surface area (TPSA) is 81.7 Å². The van der Waals surface area contributed by atoms with Gasteiger partial charge in [-0.1, -0.05) is 22.9 Å². The van der Waals surface area contributed by atoms with Crippen LogP contribution in [0.3, 0.4) is 0 Å². The zero-order chi connectivity index (χ0) is 18.1. The summed E-state index contributed by atoms with van der Waals surface area (Å²) in [6.45, 7) is 2.34. The number of aromatic nitrogens is 5. The Kier molecular flexibility index (Phi) is 4.26. The molecule has 0 amide bonds. The lowest BCUT2D eigenvalue weighted by Gasteiger charge is -2.08. The van der Waals surface area contributed by atoms with Crippen molar-refractivity contribution in [3.05, 3.63) is 64.6 Å². The summed E-state index contributed by atoms with van der Waals surface area (Å²) in [4.78, 5) is 8.77. The van der Waals surface area contributed by atoms with Crippen LogP contribution in [0.1, 0.15) is 17.1 Å². The van der Waals surface area contributed by atoms with Crippen LogP contribution in [0.5, 0.6) is 0 Å². The van der Waals surface area contributed by atoms with Gasteiger partial charge in [0.15, 0.2) is 17.0 Å². The number of nitrogens with one attached hydrogen (secondary N) is 1. The molecule has 0 aliphatic rings. The summed E-state index contributed by atoms with van der Waals surface area (Å²) in [5, 5.41) is 11.7. The second-order valence-electron chi connectivity index (χ2n) is 5.67.